The van der Waals surface area contributed by atoms with Crippen LogP contribution in [-0.2, 0) is 11.3 Å². The van der Waals surface area contributed by atoms with Crippen molar-refractivity contribution in [3.05, 3.63) is 48.3 Å². The van der Waals surface area contributed by atoms with Crippen molar-refractivity contribution in [3.63, 3.8) is 0 Å². The summed E-state index contributed by atoms with van der Waals surface area (Å²) < 4.78 is 13.7. The van der Waals surface area contributed by atoms with Crippen molar-refractivity contribution in [3.8, 4) is 0 Å². The number of benzene rings is 1. The molecule has 2 rings (SSSR count). The molecule has 0 saturated carbocycles. The first-order valence-corrected chi connectivity index (χ1v) is 7.55. The van der Waals surface area contributed by atoms with Crippen LogP contribution in [0.4, 0.5) is 4.39 Å². The molecule has 114 valence electrons. The Hall–Kier alpha value is -1.68. The van der Waals surface area contributed by atoms with Gasteiger partial charge in [-0.15, -0.1) is 6.58 Å². The molecule has 0 unspecified atom stereocenters. The zero-order valence-electron chi connectivity index (χ0n) is 12.4. The second-order valence-electron chi connectivity index (χ2n) is 5.56. The molecule has 0 spiro atoms. The van der Waals surface area contributed by atoms with E-state index < -0.39 is 0 Å². The lowest BCUT2D eigenvalue weighted by Crippen LogP contribution is -2.47. The van der Waals surface area contributed by atoms with Gasteiger partial charge in [0.1, 0.15) is 5.82 Å². The highest BCUT2D eigenvalue weighted by molar-refractivity contribution is 5.76. The number of hydrogen-bond acceptors (Lipinski definition) is 2. The van der Waals surface area contributed by atoms with Gasteiger partial charge in [0, 0.05) is 31.1 Å². The van der Waals surface area contributed by atoms with Crippen LogP contribution in [-0.4, -0.2) is 29.9 Å². The maximum atomic E-state index is 13.7. The highest BCUT2D eigenvalue weighted by Crippen LogP contribution is 2.15. The van der Waals surface area contributed by atoms with Gasteiger partial charge in [0.25, 0.3) is 0 Å². The van der Waals surface area contributed by atoms with E-state index in [-0.39, 0.29) is 17.8 Å². The van der Waals surface area contributed by atoms with E-state index in [0.29, 0.717) is 19.4 Å². The van der Waals surface area contributed by atoms with Gasteiger partial charge >= 0.3 is 0 Å². The molecule has 1 heterocycles. The Labute approximate surface area is 125 Å². The van der Waals surface area contributed by atoms with Crippen LogP contribution in [0.3, 0.4) is 0 Å². The van der Waals surface area contributed by atoms with Crippen LogP contribution in [0.15, 0.2) is 36.9 Å². The second-order valence-corrected chi connectivity index (χ2v) is 5.56. The molecule has 1 aliphatic heterocycles. The van der Waals surface area contributed by atoms with Gasteiger partial charge in [0.2, 0.25) is 5.91 Å². The van der Waals surface area contributed by atoms with Gasteiger partial charge in [0.05, 0.1) is 0 Å². The summed E-state index contributed by atoms with van der Waals surface area (Å²) in [7, 11) is 0. The van der Waals surface area contributed by atoms with Crippen LogP contribution >= 0.6 is 0 Å². The molecule has 21 heavy (non-hydrogen) atoms. The van der Waals surface area contributed by atoms with Gasteiger partial charge in [-0.3, -0.25) is 9.69 Å². The fourth-order valence-electron chi connectivity index (χ4n) is 2.72. The quantitative estimate of drug-likeness (QED) is 0.817. The van der Waals surface area contributed by atoms with Gasteiger partial charge in [-0.2, -0.15) is 0 Å². The van der Waals surface area contributed by atoms with Crippen molar-refractivity contribution < 1.29 is 9.18 Å². The molecule has 1 aromatic carbocycles. The zero-order valence-corrected chi connectivity index (χ0v) is 12.4. The van der Waals surface area contributed by atoms with E-state index in [1.165, 1.54) is 6.07 Å². The van der Waals surface area contributed by atoms with E-state index in [1.54, 1.807) is 12.1 Å². The number of nitrogens with one attached hydrogen (secondary N) is 1. The van der Waals surface area contributed by atoms with Gasteiger partial charge in [-0.05, 0) is 31.9 Å². The number of carbonyl (C=O) groups is 1. The maximum absolute atomic E-state index is 13.7. The van der Waals surface area contributed by atoms with Gasteiger partial charge < -0.3 is 5.32 Å². The lowest BCUT2D eigenvalue weighted by atomic mass is 10.0. The van der Waals surface area contributed by atoms with Crippen molar-refractivity contribution in [2.45, 2.75) is 38.3 Å². The molecule has 1 atom stereocenters. The number of carbonyl (C=O) groups excluding carboxylic acids is 1. The third kappa shape index (κ3) is 4.97. The van der Waals surface area contributed by atoms with Crippen molar-refractivity contribution in [2.24, 2.45) is 0 Å². The van der Waals surface area contributed by atoms with Gasteiger partial charge in [-0.1, -0.05) is 24.3 Å². The monoisotopic (exact) mass is 290 g/mol. The molecule has 0 bridgehead atoms. The largest absolute Gasteiger partial charge is 0.352 e. The first-order valence-electron chi connectivity index (χ1n) is 7.55. The summed E-state index contributed by atoms with van der Waals surface area (Å²) in [5.74, 6) is -0.0812. The summed E-state index contributed by atoms with van der Waals surface area (Å²) in [5.41, 5.74) is 0.719. The average molecular weight is 290 g/mol. The Bertz CT molecular complexity index is 489. The van der Waals surface area contributed by atoms with E-state index in [9.17, 15) is 9.18 Å². The standard InChI is InChI=1S/C17H23FN2O/c1-2-3-10-17(21)19-15-8-6-11-20(13-15)12-14-7-4-5-9-16(14)18/h2,4-5,7,9,15H,1,3,6,8,10-13H2,(H,19,21)/t15-/m0/s1. The van der Waals surface area contributed by atoms with Crippen molar-refractivity contribution in [1.82, 2.24) is 10.2 Å². The minimum Gasteiger partial charge on any atom is -0.352 e. The van der Waals surface area contributed by atoms with Gasteiger partial charge in [0.15, 0.2) is 0 Å². The Morgan fingerprint density at radius 3 is 3.05 bits per heavy atom. The molecule has 3 nitrogen and oxygen atoms in total. The van der Waals surface area contributed by atoms with E-state index in [4.69, 9.17) is 0 Å². The molecule has 0 aliphatic carbocycles. The topological polar surface area (TPSA) is 32.3 Å². The number of amides is 1. The summed E-state index contributed by atoms with van der Waals surface area (Å²) in [4.78, 5) is 14.0. The highest BCUT2D eigenvalue weighted by atomic mass is 19.1. The molecular formula is C17H23FN2O. The zero-order chi connectivity index (χ0) is 15.1. The third-order valence-electron chi connectivity index (χ3n) is 3.80. The molecule has 1 aromatic rings. The minimum atomic E-state index is -0.158. The molecule has 1 amide bonds. The molecule has 4 heteroatoms. The third-order valence-corrected chi connectivity index (χ3v) is 3.80. The van der Waals surface area contributed by atoms with Crippen molar-refractivity contribution in [2.75, 3.05) is 13.1 Å². The summed E-state index contributed by atoms with van der Waals surface area (Å²) in [6.07, 6.45) is 4.98. The number of rotatable bonds is 6. The van der Waals surface area contributed by atoms with Crippen LogP contribution < -0.4 is 5.32 Å². The molecule has 1 N–H and O–H groups in total. The van der Waals surface area contributed by atoms with Crippen LogP contribution in [0.2, 0.25) is 0 Å². The molecule has 1 aliphatic rings. The average Bonchev–Trinajstić information content (AvgIpc) is 2.48. The molecular weight excluding hydrogens is 267 g/mol. The summed E-state index contributed by atoms with van der Waals surface area (Å²) in [6, 6.07) is 7.05. The number of likely N-dealkylation sites (tertiary alicyclic amines) is 1. The first-order chi connectivity index (χ1) is 10.2. The normalized spacial score (nSPS) is 19.2. The Morgan fingerprint density at radius 2 is 2.29 bits per heavy atom. The van der Waals surface area contributed by atoms with Crippen molar-refractivity contribution in [1.29, 1.82) is 0 Å². The summed E-state index contributed by atoms with van der Waals surface area (Å²) in [6.45, 7) is 5.96. The van der Waals surface area contributed by atoms with E-state index in [2.05, 4.69) is 16.8 Å². The Kier molecular flexibility index (Phi) is 5.93. The number of allylic oxidation sites excluding steroid dienone is 1. The van der Waals surface area contributed by atoms with Crippen LogP contribution in [0, 0.1) is 5.82 Å². The van der Waals surface area contributed by atoms with E-state index in [0.717, 1.165) is 31.5 Å². The molecule has 1 saturated heterocycles. The Balaban J connectivity index is 1.84. The second kappa shape index (κ2) is 7.93. The minimum absolute atomic E-state index is 0.0765. The fraction of sp³-hybridized carbons (Fsp3) is 0.471. The summed E-state index contributed by atoms with van der Waals surface area (Å²) >= 11 is 0. The maximum Gasteiger partial charge on any atom is 0.220 e. The molecule has 0 aromatic heterocycles. The predicted molar refractivity (Wildman–Crippen MR) is 82.3 cm³/mol. The highest BCUT2D eigenvalue weighted by Gasteiger charge is 2.21. The first kappa shape index (κ1) is 15.7. The number of halogens is 1. The Morgan fingerprint density at radius 1 is 1.48 bits per heavy atom. The lowest BCUT2D eigenvalue weighted by molar-refractivity contribution is -0.122. The van der Waals surface area contributed by atoms with Crippen LogP contribution in [0.25, 0.3) is 0 Å². The van der Waals surface area contributed by atoms with Gasteiger partial charge in [-0.25, -0.2) is 4.39 Å². The van der Waals surface area contributed by atoms with Crippen molar-refractivity contribution >= 4 is 5.91 Å². The smallest absolute Gasteiger partial charge is 0.220 e. The number of hydrogen-bond donors (Lipinski definition) is 1. The molecule has 1 fully saturated rings. The SMILES string of the molecule is C=CCCC(=O)N[C@H]1CCCN(Cc2ccccc2F)C1. The van der Waals surface area contributed by atoms with Crippen LogP contribution in [0.5, 0.6) is 0 Å². The predicted octanol–water partition coefficient (Wildman–Crippen LogP) is 2.87. The lowest BCUT2D eigenvalue weighted by Gasteiger charge is -2.33. The van der Waals surface area contributed by atoms with E-state index >= 15 is 0 Å². The number of piperidine rings is 1. The summed E-state index contributed by atoms with van der Waals surface area (Å²) in [5, 5.41) is 3.06. The molecule has 0 radical (unpaired) electrons. The fourth-order valence-corrected chi connectivity index (χ4v) is 2.72. The van der Waals surface area contributed by atoms with E-state index in [1.807, 2.05) is 12.1 Å². The number of nitrogens with zero attached hydrogens (tertiary/aromatic N) is 1. The van der Waals surface area contributed by atoms with Crippen LogP contribution in [0.1, 0.15) is 31.2 Å².